The largest absolute Gasteiger partial charge is 0.313 e. The fraction of sp³-hybridized carbons (Fsp3) is 1.00. The first-order valence-corrected chi connectivity index (χ1v) is 7.81. The van der Waals surface area contributed by atoms with Crippen LogP contribution in [0.3, 0.4) is 0 Å². The molecule has 0 saturated carbocycles. The van der Waals surface area contributed by atoms with Gasteiger partial charge in [0.1, 0.15) is 0 Å². The zero-order valence-corrected chi connectivity index (χ0v) is 12.7. The number of hydrogen-bond donors (Lipinski definition) is 1. The molecule has 4 atom stereocenters. The lowest BCUT2D eigenvalue weighted by Crippen LogP contribution is -2.57. The molecule has 0 spiro atoms. The standard InChI is InChI=1S/C15H31N3/c1-5-16-12(2)13(3)18-10-8-15-14(11-18)7-6-9-17(15)4/h12-16H,5-11H2,1-4H3. The van der Waals surface area contributed by atoms with E-state index in [2.05, 4.69) is 42.9 Å². The highest BCUT2D eigenvalue weighted by Gasteiger charge is 2.36. The normalized spacial score (nSPS) is 34.0. The monoisotopic (exact) mass is 253 g/mol. The van der Waals surface area contributed by atoms with E-state index in [9.17, 15) is 0 Å². The van der Waals surface area contributed by atoms with Crippen LogP contribution in [0.4, 0.5) is 0 Å². The molecule has 0 amide bonds. The maximum Gasteiger partial charge on any atom is 0.0218 e. The first kappa shape index (κ1) is 14.3. The minimum Gasteiger partial charge on any atom is -0.313 e. The Morgan fingerprint density at radius 3 is 2.72 bits per heavy atom. The third-order valence-electron chi connectivity index (χ3n) is 5.20. The average Bonchev–Trinajstić information content (AvgIpc) is 2.38. The van der Waals surface area contributed by atoms with Gasteiger partial charge in [0.15, 0.2) is 0 Å². The number of hydrogen-bond acceptors (Lipinski definition) is 3. The van der Waals surface area contributed by atoms with Crippen LogP contribution in [0.25, 0.3) is 0 Å². The number of likely N-dealkylation sites (N-methyl/N-ethyl adjacent to an activating group) is 1. The van der Waals surface area contributed by atoms with Crippen molar-refractivity contribution in [2.75, 3.05) is 33.2 Å². The summed E-state index contributed by atoms with van der Waals surface area (Å²) in [4.78, 5) is 5.32. The highest BCUT2D eigenvalue weighted by molar-refractivity contribution is 4.92. The molecule has 3 heteroatoms. The number of nitrogens with one attached hydrogen (secondary N) is 1. The van der Waals surface area contributed by atoms with E-state index < -0.39 is 0 Å². The number of rotatable bonds is 4. The molecule has 0 radical (unpaired) electrons. The van der Waals surface area contributed by atoms with Crippen LogP contribution < -0.4 is 5.32 Å². The van der Waals surface area contributed by atoms with Gasteiger partial charge in [-0.3, -0.25) is 4.90 Å². The molecular formula is C15H31N3. The first-order valence-electron chi connectivity index (χ1n) is 7.81. The maximum atomic E-state index is 3.57. The van der Waals surface area contributed by atoms with Crippen molar-refractivity contribution in [2.45, 2.75) is 58.2 Å². The molecule has 2 rings (SSSR count). The molecule has 0 aliphatic carbocycles. The summed E-state index contributed by atoms with van der Waals surface area (Å²) in [6.07, 6.45) is 4.20. The SMILES string of the molecule is CCNC(C)C(C)N1CCC2C(CCCN2C)C1. The van der Waals surface area contributed by atoms with Gasteiger partial charge in [-0.1, -0.05) is 6.92 Å². The van der Waals surface area contributed by atoms with Crippen LogP contribution in [0.2, 0.25) is 0 Å². The van der Waals surface area contributed by atoms with E-state index in [0.29, 0.717) is 12.1 Å². The summed E-state index contributed by atoms with van der Waals surface area (Å²) in [6, 6.07) is 2.13. The smallest absolute Gasteiger partial charge is 0.0218 e. The molecular weight excluding hydrogens is 222 g/mol. The van der Waals surface area contributed by atoms with Gasteiger partial charge in [-0.05, 0) is 65.7 Å². The lowest BCUT2D eigenvalue weighted by Gasteiger charge is -2.48. The van der Waals surface area contributed by atoms with Crippen molar-refractivity contribution in [1.82, 2.24) is 15.1 Å². The van der Waals surface area contributed by atoms with Crippen LogP contribution in [0, 0.1) is 5.92 Å². The molecule has 2 heterocycles. The molecule has 0 bridgehead atoms. The van der Waals surface area contributed by atoms with E-state index >= 15 is 0 Å². The number of fused-ring (bicyclic) bond motifs is 1. The van der Waals surface area contributed by atoms with Crippen LogP contribution >= 0.6 is 0 Å². The van der Waals surface area contributed by atoms with E-state index in [-0.39, 0.29) is 0 Å². The summed E-state index contributed by atoms with van der Waals surface area (Å²) in [7, 11) is 2.32. The van der Waals surface area contributed by atoms with Gasteiger partial charge in [0.05, 0.1) is 0 Å². The molecule has 106 valence electrons. The van der Waals surface area contributed by atoms with Crippen LogP contribution in [0.5, 0.6) is 0 Å². The van der Waals surface area contributed by atoms with Gasteiger partial charge in [-0.15, -0.1) is 0 Å². The molecule has 18 heavy (non-hydrogen) atoms. The summed E-state index contributed by atoms with van der Waals surface area (Å²) < 4.78 is 0. The fourth-order valence-electron chi connectivity index (χ4n) is 3.86. The Kier molecular flexibility index (Phi) is 5.05. The Bertz CT molecular complexity index is 256. The van der Waals surface area contributed by atoms with Crippen molar-refractivity contribution in [3.63, 3.8) is 0 Å². The van der Waals surface area contributed by atoms with Gasteiger partial charge in [-0.25, -0.2) is 0 Å². The van der Waals surface area contributed by atoms with Crippen molar-refractivity contribution in [2.24, 2.45) is 5.92 Å². The van der Waals surface area contributed by atoms with Gasteiger partial charge in [0, 0.05) is 24.7 Å². The Balaban J connectivity index is 1.90. The zero-order chi connectivity index (χ0) is 13.1. The second kappa shape index (κ2) is 6.36. The summed E-state index contributed by atoms with van der Waals surface area (Å²) in [6.45, 7) is 11.9. The molecule has 2 aliphatic rings. The van der Waals surface area contributed by atoms with Crippen LogP contribution in [-0.2, 0) is 0 Å². The van der Waals surface area contributed by atoms with E-state index in [0.717, 1.165) is 18.5 Å². The second-order valence-corrected chi connectivity index (χ2v) is 6.32. The summed E-state index contributed by atoms with van der Waals surface area (Å²) >= 11 is 0. The van der Waals surface area contributed by atoms with E-state index in [1.54, 1.807) is 0 Å². The van der Waals surface area contributed by atoms with Crippen LogP contribution in [-0.4, -0.2) is 61.2 Å². The van der Waals surface area contributed by atoms with Crippen molar-refractivity contribution in [3.05, 3.63) is 0 Å². The molecule has 4 unspecified atom stereocenters. The first-order chi connectivity index (χ1) is 8.63. The maximum absolute atomic E-state index is 3.57. The number of piperidine rings is 2. The highest BCUT2D eigenvalue weighted by Crippen LogP contribution is 2.30. The lowest BCUT2D eigenvalue weighted by molar-refractivity contribution is 0.0173. The molecule has 1 N–H and O–H groups in total. The molecule has 2 fully saturated rings. The Hall–Kier alpha value is -0.120. The van der Waals surface area contributed by atoms with E-state index in [1.165, 1.54) is 38.9 Å². The highest BCUT2D eigenvalue weighted by atomic mass is 15.2. The van der Waals surface area contributed by atoms with Crippen LogP contribution in [0.15, 0.2) is 0 Å². The summed E-state index contributed by atoms with van der Waals surface area (Å²) in [5.41, 5.74) is 0. The fourth-order valence-corrected chi connectivity index (χ4v) is 3.86. The Labute approximate surface area is 113 Å². The second-order valence-electron chi connectivity index (χ2n) is 6.32. The molecule has 0 aromatic carbocycles. The third-order valence-corrected chi connectivity index (χ3v) is 5.20. The topological polar surface area (TPSA) is 18.5 Å². The molecule has 2 aliphatic heterocycles. The van der Waals surface area contributed by atoms with Crippen LogP contribution in [0.1, 0.15) is 40.0 Å². The van der Waals surface area contributed by atoms with Gasteiger partial charge < -0.3 is 10.2 Å². The number of nitrogens with zero attached hydrogens (tertiary/aromatic N) is 2. The Morgan fingerprint density at radius 1 is 1.22 bits per heavy atom. The van der Waals surface area contributed by atoms with E-state index in [1.807, 2.05) is 0 Å². The summed E-state index contributed by atoms with van der Waals surface area (Å²) in [5, 5.41) is 3.57. The quantitative estimate of drug-likeness (QED) is 0.824. The van der Waals surface area contributed by atoms with Gasteiger partial charge in [-0.2, -0.15) is 0 Å². The molecule has 2 saturated heterocycles. The van der Waals surface area contributed by atoms with Crippen molar-refractivity contribution in [1.29, 1.82) is 0 Å². The van der Waals surface area contributed by atoms with Crippen molar-refractivity contribution >= 4 is 0 Å². The lowest BCUT2D eigenvalue weighted by atomic mass is 9.83. The third kappa shape index (κ3) is 3.06. The van der Waals surface area contributed by atoms with Crippen molar-refractivity contribution < 1.29 is 0 Å². The van der Waals surface area contributed by atoms with Gasteiger partial charge in [0.2, 0.25) is 0 Å². The van der Waals surface area contributed by atoms with Gasteiger partial charge >= 0.3 is 0 Å². The molecule has 0 aromatic rings. The predicted molar refractivity (Wildman–Crippen MR) is 77.9 cm³/mol. The minimum absolute atomic E-state index is 0.605. The number of likely N-dealkylation sites (tertiary alicyclic amines) is 2. The Morgan fingerprint density at radius 2 is 2.00 bits per heavy atom. The minimum atomic E-state index is 0.605. The summed E-state index contributed by atoms with van der Waals surface area (Å²) in [5.74, 6) is 0.911. The average molecular weight is 253 g/mol. The predicted octanol–water partition coefficient (Wildman–Crippen LogP) is 1.79. The molecule has 3 nitrogen and oxygen atoms in total. The van der Waals surface area contributed by atoms with E-state index in [4.69, 9.17) is 0 Å². The molecule has 0 aromatic heterocycles. The van der Waals surface area contributed by atoms with Crippen molar-refractivity contribution in [3.8, 4) is 0 Å². The van der Waals surface area contributed by atoms with Gasteiger partial charge in [0.25, 0.3) is 0 Å². The zero-order valence-electron chi connectivity index (χ0n) is 12.7.